The summed E-state index contributed by atoms with van der Waals surface area (Å²) in [5, 5.41) is 19.0. The molecule has 3 aromatic carbocycles. The van der Waals surface area contributed by atoms with Crippen molar-refractivity contribution in [1.29, 1.82) is 5.26 Å². The van der Waals surface area contributed by atoms with Gasteiger partial charge in [-0.05, 0) is 84.4 Å². The van der Waals surface area contributed by atoms with E-state index >= 15 is 0 Å². The Kier molecular flexibility index (Phi) is 8.21. The highest BCUT2D eigenvalue weighted by atomic mass is 79.9. The van der Waals surface area contributed by atoms with Crippen LogP contribution < -0.4 is 9.47 Å². The molecule has 0 aliphatic carbocycles. The molecule has 0 aliphatic heterocycles. The van der Waals surface area contributed by atoms with E-state index in [0.29, 0.717) is 40.7 Å². The molecule has 0 amide bonds. The van der Waals surface area contributed by atoms with Crippen molar-refractivity contribution in [2.45, 2.75) is 52.1 Å². The highest BCUT2D eigenvalue weighted by Gasteiger charge is 2.37. The molecule has 34 heavy (non-hydrogen) atoms. The monoisotopic (exact) mass is 539 g/mol. The number of hydrogen-bond donors (Lipinski definition) is 1. The zero-order valence-corrected chi connectivity index (χ0v) is 22.8. The van der Waals surface area contributed by atoms with Crippen LogP contribution in [0.5, 0.6) is 23.0 Å². The molecule has 1 N–H and O–H groups in total. The summed E-state index contributed by atoms with van der Waals surface area (Å²) < 4.78 is 19.3. The van der Waals surface area contributed by atoms with Crippen molar-refractivity contribution < 1.29 is 19.0 Å². The van der Waals surface area contributed by atoms with Gasteiger partial charge in [0.25, 0.3) is 0 Å². The van der Waals surface area contributed by atoms with Crippen LogP contribution in [0.1, 0.15) is 37.5 Å². The normalized spacial score (nSPS) is 11.7. The van der Waals surface area contributed by atoms with Crippen LogP contribution in [0.2, 0.25) is 18.1 Å². The van der Waals surface area contributed by atoms with Gasteiger partial charge in [0.05, 0.1) is 24.8 Å². The molecular weight excluding hydrogens is 510 g/mol. The van der Waals surface area contributed by atoms with Gasteiger partial charge in [-0.15, -0.1) is 0 Å². The van der Waals surface area contributed by atoms with Crippen molar-refractivity contribution in [3.05, 3.63) is 81.8 Å². The van der Waals surface area contributed by atoms with Crippen molar-refractivity contribution in [1.82, 2.24) is 0 Å². The van der Waals surface area contributed by atoms with Gasteiger partial charge in [0, 0.05) is 10.0 Å². The lowest BCUT2D eigenvalue weighted by Crippen LogP contribution is -2.40. The summed E-state index contributed by atoms with van der Waals surface area (Å²) >= 11 is 3.62. The maximum Gasteiger partial charge on any atom is 0.192 e. The number of nitrogens with zero attached hydrogens (tertiary/aromatic N) is 1. The fourth-order valence-corrected chi connectivity index (χ4v) is 4.21. The molecule has 0 heterocycles. The van der Waals surface area contributed by atoms with E-state index in [0.717, 1.165) is 10.0 Å². The summed E-state index contributed by atoms with van der Waals surface area (Å²) in [5.74, 6) is 2.39. The quantitative estimate of drug-likeness (QED) is 0.294. The summed E-state index contributed by atoms with van der Waals surface area (Å²) in [6, 6.07) is 20.0. The predicted molar refractivity (Wildman–Crippen MR) is 140 cm³/mol. The third-order valence-corrected chi connectivity index (χ3v) is 11.3. The van der Waals surface area contributed by atoms with Crippen molar-refractivity contribution in [2.75, 3.05) is 0 Å². The first-order chi connectivity index (χ1) is 16.0. The van der Waals surface area contributed by atoms with E-state index in [1.807, 2.05) is 18.2 Å². The van der Waals surface area contributed by atoms with Gasteiger partial charge < -0.3 is 19.0 Å². The van der Waals surface area contributed by atoms with Gasteiger partial charge in [-0.1, -0.05) is 36.7 Å². The lowest BCUT2D eigenvalue weighted by molar-refractivity contribution is 0.273. The molecule has 3 rings (SSSR count). The molecule has 0 fully saturated rings. The van der Waals surface area contributed by atoms with Crippen molar-refractivity contribution in [2.24, 2.45) is 0 Å². The molecule has 0 radical (unpaired) electrons. The minimum Gasteiger partial charge on any atom is -0.457 e. The number of nitriles is 1. The fraction of sp³-hybridized carbons (Fsp3) is 0.296. The number of aliphatic hydroxyl groups is 1. The molecule has 0 bridgehead atoms. The zero-order chi connectivity index (χ0) is 24.9. The van der Waals surface area contributed by atoms with Crippen LogP contribution in [-0.2, 0) is 17.6 Å². The van der Waals surface area contributed by atoms with Crippen LogP contribution in [-0.4, -0.2) is 13.4 Å². The van der Waals surface area contributed by atoms with Crippen LogP contribution in [0.3, 0.4) is 0 Å². The van der Waals surface area contributed by atoms with Crippen LogP contribution in [0.25, 0.3) is 0 Å². The molecule has 3 aromatic rings. The maximum atomic E-state index is 9.91. The van der Waals surface area contributed by atoms with Crippen LogP contribution in [0.15, 0.2) is 65.1 Å². The van der Waals surface area contributed by atoms with Crippen molar-refractivity contribution in [3.63, 3.8) is 0 Å². The van der Waals surface area contributed by atoms with Gasteiger partial charge in [-0.25, -0.2) is 0 Å². The highest BCUT2D eigenvalue weighted by molar-refractivity contribution is 9.10. The SMILES string of the molecule is CC(C)(C)[Si](C)(C)OCc1cc(Oc2ccc(Oc3ccc(C#N)cc3)cc2CO)ccc1Br. The molecule has 0 aromatic heterocycles. The van der Waals surface area contributed by atoms with Crippen LogP contribution in [0.4, 0.5) is 0 Å². The summed E-state index contributed by atoms with van der Waals surface area (Å²) in [4.78, 5) is 0. The molecule has 7 heteroatoms. The van der Waals surface area contributed by atoms with E-state index in [9.17, 15) is 5.11 Å². The molecule has 0 unspecified atom stereocenters. The van der Waals surface area contributed by atoms with Gasteiger partial charge in [0.1, 0.15) is 23.0 Å². The van der Waals surface area contributed by atoms with E-state index in [1.165, 1.54) is 0 Å². The van der Waals surface area contributed by atoms with Crippen molar-refractivity contribution >= 4 is 24.2 Å². The number of rotatable bonds is 8. The van der Waals surface area contributed by atoms with E-state index in [4.69, 9.17) is 19.2 Å². The van der Waals surface area contributed by atoms with E-state index in [1.54, 1.807) is 42.5 Å². The molecule has 0 atom stereocenters. The summed E-state index contributed by atoms with van der Waals surface area (Å²) in [6.45, 7) is 11.4. The molecule has 178 valence electrons. The second-order valence-corrected chi connectivity index (χ2v) is 15.2. The molecule has 0 spiro atoms. The summed E-state index contributed by atoms with van der Waals surface area (Å²) in [7, 11) is -1.89. The highest BCUT2D eigenvalue weighted by Crippen LogP contribution is 2.38. The number of ether oxygens (including phenoxy) is 2. The van der Waals surface area contributed by atoms with Gasteiger partial charge in [-0.2, -0.15) is 5.26 Å². The topological polar surface area (TPSA) is 71.7 Å². The lowest BCUT2D eigenvalue weighted by atomic mass is 10.2. The standard InChI is InChI=1S/C27H30BrNO4Si/c1-27(2,3)34(4,5)31-18-21-15-24(10-12-25(21)28)33-26-13-11-23(14-20(26)17-30)32-22-8-6-19(16-29)7-9-22/h6-15,30H,17-18H2,1-5H3. The van der Waals surface area contributed by atoms with Crippen molar-refractivity contribution in [3.8, 4) is 29.1 Å². The zero-order valence-electron chi connectivity index (χ0n) is 20.2. The average molecular weight is 541 g/mol. The maximum absolute atomic E-state index is 9.91. The number of hydrogen-bond acceptors (Lipinski definition) is 5. The lowest BCUT2D eigenvalue weighted by Gasteiger charge is -2.36. The summed E-state index contributed by atoms with van der Waals surface area (Å²) in [5.41, 5.74) is 2.18. The first kappa shape index (κ1) is 26.0. The average Bonchev–Trinajstić information content (AvgIpc) is 2.80. The van der Waals surface area contributed by atoms with Gasteiger partial charge in [-0.3, -0.25) is 0 Å². The van der Waals surface area contributed by atoms with E-state index in [2.05, 4.69) is 55.9 Å². The molecular formula is C27H30BrNO4Si. The smallest absolute Gasteiger partial charge is 0.192 e. The molecule has 5 nitrogen and oxygen atoms in total. The van der Waals surface area contributed by atoms with Crippen LogP contribution in [0, 0.1) is 11.3 Å². The number of halogens is 1. The Labute approximate surface area is 211 Å². The van der Waals surface area contributed by atoms with Crippen LogP contribution >= 0.6 is 15.9 Å². The van der Waals surface area contributed by atoms with Gasteiger partial charge in [0.2, 0.25) is 0 Å². The van der Waals surface area contributed by atoms with Gasteiger partial charge >= 0.3 is 0 Å². The second kappa shape index (κ2) is 10.7. The Morgan fingerprint density at radius 2 is 1.47 bits per heavy atom. The first-order valence-corrected chi connectivity index (χ1v) is 14.7. The van der Waals surface area contributed by atoms with E-state index < -0.39 is 8.32 Å². The minimum atomic E-state index is -1.89. The third kappa shape index (κ3) is 6.48. The minimum absolute atomic E-state index is 0.130. The Bertz CT molecular complexity index is 1180. The number of benzene rings is 3. The second-order valence-electron chi connectivity index (χ2n) is 9.57. The molecule has 0 saturated carbocycles. The number of aliphatic hydroxyl groups excluding tert-OH is 1. The fourth-order valence-electron chi connectivity index (χ4n) is 2.90. The summed E-state index contributed by atoms with van der Waals surface area (Å²) in [6.07, 6.45) is 0. The first-order valence-electron chi connectivity index (χ1n) is 11.0. The third-order valence-electron chi connectivity index (χ3n) is 6.06. The van der Waals surface area contributed by atoms with E-state index in [-0.39, 0.29) is 11.6 Å². The molecule has 0 saturated heterocycles. The Balaban J connectivity index is 1.75. The Morgan fingerprint density at radius 3 is 2.09 bits per heavy atom. The largest absolute Gasteiger partial charge is 0.457 e. The van der Waals surface area contributed by atoms with Gasteiger partial charge in [0.15, 0.2) is 8.32 Å². The Hall–Kier alpha value is -2.63. The Morgan fingerprint density at radius 1 is 0.882 bits per heavy atom. The predicted octanol–water partition coefficient (Wildman–Crippen LogP) is 7.92. The molecule has 0 aliphatic rings.